The van der Waals surface area contributed by atoms with E-state index in [0.29, 0.717) is 0 Å². The van der Waals surface area contributed by atoms with Gasteiger partial charge in [0.15, 0.2) is 0 Å². The van der Waals surface area contributed by atoms with Crippen LogP contribution in [0.25, 0.3) is 0 Å². The second kappa shape index (κ2) is 2.22. The normalized spacial score (nSPS) is 56.5. The summed E-state index contributed by atoms with van der Waals surface area (Å²) in [6, 6.07) is 0. The first-order valence-electron chi connectivity index (χ1n) is 4.89. The molecule has 2 N–H and O–H groups in total. The third kappa shape index (κ3) is 1.10. The lowest BCUT2D eigenvalue weighted by atomic mass is 9.76. The molecule has 0 aromatic carbocycles. The van der Waals surface area contributed by atoms with E-state index in [4.69, 9.17) is 5.73 Å². The van der Waals surface area contributed by atoms with Gasteiger partial charge in [-0.15, -0.1) is 0 Å². The van der Waals surface area contributed by atoms with Gasteiger partial charge in [0.1, 0.15) is 0 Å². The smallest absolute Gasteiger partial charge is 0.0185 e. The van der Waals surface area contributed by atoms with Crippen molar-refractivity contribution in [3.05, 3.63) is 0 Å². The molecule has 0 aromatic rings. The van der Waals surface area contributed by atoms with Gasteiger partial charge in [0.25, 0.3) is 0 Å². The Morgan fingerprint density at radius 3 is 2.55 bits per heavy atom. The Hall–Kier alpha value is -0.0400. The van der Waals surface area contributed by atoms with Crippen LogP contribution < -0.4 is 5.73 Å². The maximum Gasteiger partial charge on any atom is 0.0185 e. The third-order valence-electron chi connectivity index (χ3n) is 3.80. The van der Waals surface area contributed by atoms with Crippen molar-refractivity contribution in [2.24, 2.45) is 23.5 Å². The molecule has 0 spiro atoms. The Bertz CT molecular complexity index is 166. The Kier molecular flexibility index (Phi) is 1.54. The highest BCUT2D eigenvalue weighted by Gasteiger charge is 2.46. The molecule has 0 amide bonds. The van der Waals surface area contributed by atoms with Crippen molar-refractivity contribution in [2.45, 2.75) is 45.1 Å². The zero-order valence-electron chi connectivity index (χ0n) is 7.64. The number of hydrogen-bond donors (Lipinski definition) is 1. The van der Waals surface area contributed by atoms with Gasteiger partial charge in [-0.05, 0) is 43.4 Å². The summed E-state index contributed by atoms with van der Waals surface area (Å²) in [4.78, 5) is 0. The number of nitrogens with two attached hydrogens (primary N) is 1. The molecule has 64 valence electrons. The maximum absolute atomic E-state index is 6.33. The van der Waals surface area contributed by atoms with E-state index in [2.05, 4.69) is 13.8 Å². The molecule has 4 atom stereocenters. The summed E-state index contributed by atoms with van der Waals surface area (Å²) in [6.45, 7) is 4.68. The number of rotatable bonds is 0. The molecule has 2 rings (SSSR count). The minimum Gasteiger partial charge on any atom is -0.325 e. The van der Waals surface area contributed by atoms with Crippen molar-refractivity contribution in [1.29, 1.82) is 0 Å². The molecule has 0 aromatic heterocycles. The lowest BCUT2D eigenvalue weighted by Crippen LogP contribution is -2.45. The molecule has 2 saturated carbocycles. The fourth-order valence-corrected chi connectivity index (χ4v) is 3.32. The monoisotopic (exact) mass is 153 g/mol. The van der Waals surface area contributed by atoms with Crippen LogP contribution in [0.4, 0.5) is 0 Å². The van der Waals surface area contributed by atoms with Gasteiger partial charge in [0, 0.05) is 5.54 Å². The molecule has 1 nitrogen and oxygen atoms in total. The van der Waals surface area contributed by atoms with Gasteiger partial charge in [-0.1, -0.05) is 13.8 Å². The standard InChI is InChI=1S/C10H19N/c1-7-3-9-4-8(2)10(11,5-7)6-9/h7-9H,3-6,11H2,1-2H3. The van der Waals surface area contributed by atoms with E-state index in [1.165, 1.54) is 25.7 Å². The zero-order valence-corrected chi connectivity index (χ0v) is 7.64. The van der Waals surface area contributed by atoms with Gasteiger partial charge in [0.05, 0.1) is 0 Å². The van der Waals surface area contributed by atoms with Crippen molar-refractivity contribution in [2.75, 3.05) is 0 Å². The lowest BCUT2D eigenvalue weighted by Gasteiger charge is -2.35. The van der Waals surface area contributed by atoms with Crippen LogP contribution in [0.1, 0.15) is 39.5 Å². The molecular weight excluding hydrogens is 134 g/mol. The van der Waals surface area contributed by atoms with Gasteiger partial charge in [-0.3, -0.25) is 0 Å². The first kappa shape index (κ1) is 7.60. The largest absolute Gasteiger partial charge is 0.325 e. The average molecular weight is 153 g/mol. The van der Waals surface area contributed by atoms with Crippen LogP contribution in [0.15, 0.2) is 0 Å². The summed E-state index contributed by atoms with van der Waals surface area (Å²) in [5.41, 5.74) is 6.56. The van der Waals surface area contributed by atoms with Gasteiger partial charge in [-0.2, -0.15) is 0 Å². The quantitative estimate of drug-likeness (QED) is 0.567. The van der Waals surface area contributed by atoms with Crippen molar-refractivity contribution < 1.29 is 0 Å². The van der Waals surface area contributed by atoms with E-state index in [-0.39, 0.29) is 5.54 Å². The van der Waals surface area contributed by atoms with Crippen molar-refractivity contribution >= 4 is 0 Å². The molecule has 1 heteroatoms. The molecule has 2 aliphatic carbocycles. The van der Waals surface area contributed by atoms with E-state index in [9.17, 15) is 0 Å². The van der Waals surface area contributed by atoms with Crippen LogP contribution in [0.5, 0.6) is 0 Å². The molecule has 2 aliphatic rings. The van der Waals surface area contributed by atoms with E-state index >= 15 is 0 Å². The molecule has 4 unspecified atom stereocenters. The van der Waals surface area contributed by atoms with Crippen LogP contribution in [0, 0.1) is 17.8 Å². The SMILES string of the molecule is CC1CC2CC(C)C(N)(C1)C2. The Labute approximate surface area is 69.4 Å². The summed E-state index contributed by atoms with van der Waals surface area (Å²) in [5.74, 6) is 2.61. The summed E-state index contributed by atoms with van der Waals surface area (Å²) in [6.07, 6.45) is 5.40. The molecule has 0 aliphatic heterocycles. The van der Waals surface area contributed by atoms with Crippen LogP contribution in [0.3, 0.4) is 0 Å². The Morgan fingerprint density at radius 2 is 1.91 bits per heavy atom. The number of hydrogen-bond acceptors (Lipinski definition) is 1. The first-order chi connectivity index (χ1) is 5.10. The van der Waals surface area contributed by atoms with Crippen LogP contribution in [0.2, 0.25) is 0 Å². The summed E-state index contributed by atoms with van der Waals surface area (Å²) in [5, 5.41) is 0. The highest BCUT2D eigenvalue weighted by Crippen LogP contribution is 2.49. The number of fused-ring (bicyclic) bond motifs is 2. The van der Waals surface area contributed by atoms with Crippen LogP contribution in [-0.4, -0.2) is 5.54 Å². The van der Waals surface area contributed by atoms with E-state index in [0.717, 1.165) is 17.8 Å². The van der Waals surface area contributed by atoms with Crippen LogP contribution >= 0.6 is 0 Å². The Morgan fingerprint density at radius 1 is 1.18 bits per heavy atom. The lowest BCUT2D eigenvalue weighted by molar-refractivity contribution is 0.219. The minimum absolute atomic E-state index is 0.225. The Balaban J connectivity index is 2.18. The second-order valence-corrected chi connectivity index (χ2v) is 4.99. The molecule has 11 heavy (non-hydrogen) atoms. The van der Waals surface area contributed by atoms with E-state index < -0.39 is 0 Å². The maximum atomic E-state index is 6.33. The van der Waals surface area contributed by atoms with Crippen molar-refractivity contribution in [1.82, 2.24) is 0 Å². The average Bonchev–Trinajstić information content (AvgIpc) is 2.02. The minimum atomic E-state index is 0.225. The van der Waals surface area contributed by atoms with Crippen LogP contribution in [-0.2, 0) is 0 Å². The van der Waals surface area contributed by atoms with E-state index in [1.54, 1.807) is 0 Å². The van der Waals surface area contributed by atoms with Gasteiger partial charge < -0.3 is 5.73 Å². The molecular formula is C10H19N. The van der Waals surface area contributed by atoms with Gasteiger partial charge in [-0.25, -0.2) is 0 Å². The molecule has 0 saturated heterocycles. The van der Waals surface area contributed by atoms with E-state index in [1.807, 2.05) is 0 Å². The molecule has 2 bridgehead atoms. The summed E-state index contributed by atoms with van der Waals surface area (Å²) < 4.78 is 0. The fourth-order valence-electron chi connectivity index (χ4n) is 3.32. The highest BCUT2D eigenvalue weighted by atomic mass is 14.8. The fraction of sp³-hybridized carbons (Fsp3) is 1.00. The first-order valence-corrected chi connectivity index (χ1v) is 4.89. The zero-order chi connectivity index (χ0) is 8.06. The predicted molar refractivity (Wildman–Crippen MR) is 47.2 cm³/mol. The van der Waals surface area contributed by atoms with Crippen molar-refractivity contribution in [3.63, 3.8) is 0 Å². The highest BCUT2D eigenvalue weighted by molar-refractivity contribution is 5.02. The predicted octanol–water partition coefficient (Wildman–Crippen LogP) is 2.16. The summed E-state index contributed by atoms with van der Waals surface area (Å²) >= 11 is 0. The molecule has 0 heterocycles. The van der Waals surface area contributed by atoms with Gasteiger partial charge >= 0.3 is 0 Å². The molecule has 2 fully saturated rings. The summed E-state index contributed by atoms with van der Waals surface area (Å²) in [7, 11) is 0. The van der Waals surface area contributed by atoms with Gasteiger partial charge in [0.2, 0.25) is 0 Å². The molecule has 0 radical (unpaired) electrons. The second-order valence-electron chi connectivity index (χ2n) is 4.99. The third-order valence-corrected chi connectivity index (χ3v) is 3.80. The topological polar surface area (TPSA) is 26.0 Å². The van der Waals surface area contributed by atoms with Crippen molar-refractivity contribution in [3.8, 4) is 0 Å².